The molecule has 0 aliphatic rings. The third-order valence-electron chi connectivity index (χ3n) is 9.37. The van der Waals surface area contributed by atoms with E-state index in [0.717, 1.165) is 77.0 Å². The molecule has 0 rings (SSSR count). The molecule has 5 N–H and O–H groups in total. The van der Waals surface area contributed by atoms with Crippen molar-refractivity contribution in [2.45, 2.75) is 187 Å². The Morgan fingerprint density at radius 1 is 0.586 bits per heavy atom. The quantitative estimate of drug-likeness (QED) is 0.0274. The number of nitrogens with two attached hydrogens (primary N) is 1. The monoisotopic (exact) mass is 829 g/mol. The molecule has 332 valence electrons. The maximum Gasteiger partial charge on any atom is 0.472 e. The number of allylic oxidation sites excluding steroid dienone is 15. The zero-order valence-electron chi connectivity index (χ0n) is 36.7. The van der Waals surface area contributed by atoms with E-state index in [1.54, 1.807) is 6.08 Å². The number of carbonyl (C=O) groups is 1. The fourth-order valence-corrected chi connectivity index (χ4v) is 6.71. The van der Waals surface area contributed by atoms with Crippen LogP contribution in [0.3, 0.4) is 0 Å². The molecule has 0 heterocycles. The predicted octanol–water partition coefficient (Wildman–Crippen LogP) is 13.2. The highest BCUT2D eigenvalue weighted by Crippen LogP contribution is 2.43. The van der Waals surface area contributed by atoms with Crippen LogP contribution < -0.4 is 11.1 Å². The molecule has 0 fully saturated rings. The maximum atomic E-state index is 12.8. The van der Waals surface area contributed by atoms with Crippen molar-refractivity contribution in [1.29, 1.82) is 0 Å². The minimum absolute atomic E-state index is 0.0606. The molecule has 0 spiro atoms. The van der Waals surface area contributed by atoms with Crippen LogP contribution in [0.1, 0.15) is 174 Å². The number of aliphatic hydroxyl groups excluding tert-OH is 1. The van der Waals surface area contributed by atoms with Gasteiger partial charge < -0.3 is 21.1 Å². The summed E-state index contributed by atoms with van der Waals surface area (Å²) in [5.74, 6) is -0.243. The van der Waals surface area contributed by atoms with Crippen molar-refractivity contribution in [1.82, 2.24) is 5.32 Å². The smallest absolute Gasteiger partial charge is 0.387 e. The van der Waals surface area contributed by atoms with E-state index in [4.69, 9.17) is 14.8 Å². The number of carbonyl (C=O) groups excluding carboxylic acids is 1. The number of amides is 1. The van der Waals surface area contributed by atoms with E-state index in [1.165, 1.54) is 70.6 Å². The molecule has 8 nitrogen and oxygen atoms in total. The molecule has 0 aromatic heterocycles. The second-order valence-electron chi connectivity index (χ2n) is 14.9. The van der Waals surface area contributed by atoms with Crippen molar-refractivity contribution in [3.8, 4) is 0 Å². The first-order valence-electron chi connectivity index (χ1n) is 22.9. The molecular formula is C49H85N2O6P. The van der Waals surface area contributed by atoms with Crippen LogP contribution in [0.2, 0.25) is 0 Å². The van der Waals surface area contributed by atoms with Crippen molar-refractivity contribution in [3.63, 3.8) is 0 Å². The second-order valence-corrected chi connectivity index (χ2v) is 16.3. The molecule has 0 radical (unpaired) electrons. The van der Waals surface area contributed by atoms with Crippen LogP contribution in [0.4, 0.5) is 0 Å². The van der Waals surface area contributed by atoms with E-state index in [1.807, 2.05) is 6.08 Å². The number of phosphoric acid groups is 1. The summed E-state index contributed by atoms with van der Waals surface area (Å²) in [4.78, 5) is 22.7. The number of nitrogens with one attached hydrogen (secondary N) is 1. The first-order valence-corrected chi connectivity index (χ1v) is 24.4. The zero-order valence-corrected chi connectivity index (χ0v) is 37.6. The van der Waals surface area contributed by atoms with Gasteiger partial charge in [-0.25, -0.2) is 4.57 Å². The number of phosphoric ester groups is 1. The highest BCUT2D eigenvalue weighted by atomic mass is 31.2. The lowest BCUT2D eigenvalue weighted by Crippen LogP contribution is -2.45. The van der Waals surface area contributed by atoms with Gasteiger partial charge in [-0.1, -0.05) is 175 Å². The summed E-state index contributed by atoms with van der Waals surface area (Å²) in [7, 11) is -4.37. The third-order valence-corrected chi connectivity index (χ3v) is 10.4. The molecule has 58 heavy (non-hydrogen) atoms. The summed E-state index contributed by atoms with van der Waals surface area (Å²) >= 11 is 0. The lowest BCUT2D eigenvalue weighted by Gasteiger charge is -2.23. The number of aliphatic hydroxyl groups is 1. The highest BCUT2D eigenvalue weighted by Gasteiger charge is 2.26. The molecule has 9 heteroatoms. The van der Waals surface area contributed by atoms with Crippen molar-refractivity contribution in [3.05, 3.63) is 97.2 Å². The third kappa shape index (κ3) is 41.6. The van der Waals surface area contributed by atoms with E-state index in [9.17, 15) is 19.4 Å². The van der Waals surface area contributed by atoms with Gasteiger partial charge in [-0.05, 0) is 89.9 Å². The topological polar surface area (TPSA) is 131 Å². The highest BCUT2D eigenvalue weighted by molar-refractivity contribution is 7.47. The van der Waals surface area contributed by atoms with Gasteiger partial charge >= 0.3 is 7.82 Å². The summed E-state index contributed by atoms with van der Waals surface area (Å²) in [5, 5.41) is 13.6. The van der Waals surface area contributed by atoms with Crippen molar-refractivity contribution in [2.24, 2.45) is 5.73 Å². The van der Waals surface area contributed by atoms with E-state index >= 15 is 0 Å². The lowest BCUT2D eigenvalue weighted by atomic mass is 10.1. The Hall–Kier alpha value is -2.58. The predicted molar refractivity (Wildman–Crippen MR) is 249 cm³/mol. The number of hydrogen-bond donors (Lipinski definition) is 4. The summed E-state index contributed by atoms with van der Waals surface area (Å²) in [6.07, 6.45) is 60.4. The fourth-order valence-electron chi connectivity index (χ4n) is 5.95. The molecule has 0 aromatic rings. The summed E-state index contributed by atoms with van der Waals surface area (Å²) in [6.45, 7) is 3.95. The Balaban J connectivity index is 4.36. The van der Waals surface area contributed by atoms with Crippen molar-refractivity contribution in [2.75, 3.05) is 19.8 Å². The Bertz CT molecular complexity index is 1220. The Labute approximate surface area is 355 Å². The maximum absolute atomic E-state index is 12.8. The van der Waals surface area contributed by atoms with Gasteiger partial charge in [0.2, 0.25) is 5.91 Å². The van der Waals surface area contributed by atoms with Gasteiger partial charge in [-0.3, -0.25) is 13.8 Å². The van der Waals surface area contributed by atoms with Gasteiger partial charge in [-0.15, -0.1) is 0 Å². The second kappa shape index (κ2) is 44.0. The van der Waals surface area contributed by atoms with Crippen molar-refractivity contribution < 1.29 is 28.4 Å². The van der Waals surface area contributed by atoms with Crippen LogP contribution in [0.5, 0.6) is 0 Å². The molecule has 0 bridgehead atoms. The fraction of sp³-hybridized carbons (Fsp3) is 0.653. The molecule has 3 unspecified atom stereocenters. The molecule has 3 atom stereocenters. The van der Waals surface area contributed by atoms with Gasteiger partial charge in [0.25, 0.3) is 0 Å². The van der Waals surface area contributed by atoms with E-state index in [-0.39, 0.29) is 25.7 Å². The standard InChI is InChI=1S/C49H85N2O6P/c1-3-5-7-9-11-13-15-17-19-21-23-25-26-28-30-32-34-36-38-40-42-48(52)47(46-57-58(54,55)56-45-44-50)51-49(53)43-41-39-37-35-33-31-29-27-24-22-20-18-16-14-12-10-8-6-4-2/h6,8,12,14,18,20,24-27,31-34,40,42,47-48,52H,3-5,7,9-11,13,15-17,19,21-23,28-30,35-39,41,43-46,50H2,1-2H3,(H,51,53)(H,54,55)/b8-6-,14-12-,20-18-,26-25+,27-24-,33-31-,34-32+,42-40+. The van der Waals surface area contributed by atoms with Crippen LogP contribution in [0, 0.1) is 0 Å². The van der Waals surface area contributed by atoms with E-state index in [0.29, 0.717) is 12.8 Å². The van der Waals surface area contributed by atoms with Gasteiger partial charge in [-0.2, -0.15) is 0 Å². The molecule has 0 aliphatic carbocycles. The average molecular weight is 829 g/mol. The average Bonchev–Trinajstić information content (AvgIpc) is 3.21. The van der Waals surface area contributed by atoms with Gasteiger partial charge in [0, 0.05) is 13.0 Å². The number of rotatable bonds is 41. The number of unbranched alkanes of at least 4 members (excludes halogenated alkanes) is 15. The number of hydrogen-bond acceptors (Lipinski definition) is 6. The zero-order chi connectivity index (χ0) is 42.5. The van der Waals surface area contributed by atoms with Gasteiger partial charge in [0.05, 0.1) is 25.4 Å². The first-order chi connectivity index (χ1) is 28.4. The van der Waals surface area contributed by atoms with Crippen LogP contribution in [-0.2, 0) is 18.4 Å². The minimum Gasteiger partial charge on any atom is -0.387 e. The normalized spacial score (nSPS) is 14.9. The molecular weight excluding hydrogens is 744 g/mol. The lowest BCUT2D eigenvalue weighted by molar-refractivity contribution is -0.123. The summed E-state index contributed by atoms with van der Waals surface area (Å²) < 4.78 is 22.1. The Kier molecular flexibility index (Phi) is 42.0. The molecule has 0 aliphatic heterocycles. The van der Waals surface area contributed by atoms with E-state index < -0.39 is 20.0 Å². The Morgan fingerprint density at radius 3 is 1.53 bits per heavy atom. The largest absolute Gasteiger partial charge is 0.472 e. The van der Waals surface area contributed by atoms with Crippen LogP contribution in [0.25, 0.3) is 0 Å². The van der Waals surface area contributed by atoms with Crippen LogP contribution in [-0.4, -0.2) is 47.8 Å². The van der Waals surface area contributed by atoms with E-state index in [2.05, 4.69) is 104 Å². The Morgan fingerprint density at radius 2 is 1.02 bits per heavy atom. The summed E-state index contributed by atoms with van der Waals surface area (Å²) in [6, 6.07) is -0.908. The van der Waals surface area contributed by atoms with Gasteiger partial charge in [0.1, 0.15) is 0 Å². The molecule has 1 amide bonds. The minimum atomic E-state index is -4.37. The van der Waals surface area contributed by atoms with Gasteiger partial charge in [0.15, 0.2) is 0 Å². The molecule has 0 saturated carbocycles. The SMILES string of the molecule is CC/C=C\C/C=C\C/C=C\C/C=C\C/C=C\CCCCCC(=O)NC(COP(=O)(O)OCCN)C(O)/C=C/CC/C=C/CC/C=C/CCCCCCCCCCCC. The van der Waals surface area contributed by atoms with Crippen LogP contribution >= 0.6 is 7.82 Å². The first kappa shape index (κ1) is 55.4. The molecule has 0 saturated heterocycles. The van der Waals surface area contributed by atoms with Crippen molar-refractivity contribution >= 4 is 13.7 Å². The van der Waals surface area contributed by atoms with Crippen LogP contribution in [0.15, 0.2) is 97.2 Å². The summed E-state index contributed by atoms with van der Waals surface area (Å²) in [5.41, 5.74) is 5.37. The molecule has 0 aromatic carbocycles.